The van der Waals surface area contributed by atoms with Gasteiger partial charge in [-0.05, 0) is 26.7 Å². The lowest BCUT2D eigenvalue weighted by molar-refractivity contribution is 0.273. The molecule has 118 valence electrons. The van der Waals surface area contributed by atoms with Gasteiger partial charge in [0.2, 0.25) is 0 Å². The fraction of sp³-hybridized carbons (Fsp3) is 0.941. The number of aliphatic imine (C=N–C) groups is 1. The standard InChI is InChI=1S/C17H33NO2/c1-17(2)15-20-16(18-17)13-11-9-7-5-3-4-6-8-10-12-14-19/h19H,3-15H2,1-2H3. The molecule has 0 aliphatic carbocycles. The van der Waals surface area contributed by atoms with E-state index < -0.39 is 0 Å². The minimum absolute atomic E-state index is 0.00532. The molecular formula is C17H33NO2. The second-order valence-electron chi connectivity index (χ2n) is 6.62. The molecule has 1 aliphatic rings. The SMILES string of the molecule is CC1(C)COC(CCCCCCCCCCCCO)=N1. The summed E-state index contributed by atoms with van der Waals surface area (Å²) >= 11 is 0. The third kappa shape index (κ3) is 8.57. The monoisotopic (exact) mass is 283 g/mol. The first-order valence-electron chi connectivity index (χ1n) is 8.46. The molecular weight excluding hydrogens is 250 g/mol. The molecule has 0 spiro atoms. The lowest BCUT2D eigenvalue weighted by Gasteiger charge is -2.07. The smallest absolute Gasteiger partial charge is 0.183 e. The Bertz CT molecular complexity index is 274. The second kappa shape index (κ2) is 10.2. The molecule has 0 amide bonds. The van der Waals surface area contributed by atoms with Crippen molar-refractivity contribution in [2.24, 2.45) is 4.99 Å². The van der Waals surface area contributed by atoms with Crippen LogP contribution in [0.2, 0.25) is 0 Å². The first-order chi connectivity index (χ1) is 9.64. The summed E-state index contributed by atoms with van der Waals surface area (Å²) in [6, 6.07) is 0. The van der Waals surface area contributed by atoms with Crippen LogP contribution in [0.5, 0.6) is 0 Å². The van der Waals surface area contributed by atoms with Crippen LogP contribution in [-0.2, 0) is 4.74 Å². The number of ether oxygens (including phenoxy) is 1. The Morgan fingerprint density at radius 2 is 1.40 bits per heavy atom. The molecule has 1 heterocycles. The average molecular weight is 283 g/mol. The fourth-order valence-corrected chi connectivity index (χ4v) is 2.59. The average Bonchev–Trinajstić information content (AvgIpc) is 2.75. The van der Waals surface area contributed by atoms with Crippen LogP contribution >= 0.6 is 0 Å². The summed E-state index contributed by atoms with van der Waals surface area (Å²) in [5.74, 6) is 0.971. The van der Waals surface area contributed by atoms with Gasteiger partial charge in [0.15, 0.2) is 5.90 Å². The number of aliphatic hydroxyl groups excluding tert-OH is 1. The zero-order valence-electron chi connectivity index (χ0n) is 13.5. The Hall–Kier alpha value is -0.570. The van der Waals surface area contributed by atoms with Crippen LogP contribution in [-0.4, -0.2) is 29.8 Å². The normalized spacial score (nSPS) is 17.1. The molecule has 0 fully saturated rings. The van der Waals surface area contributed by atoms with E-state index in [0.29, 0.717) is 6.61 Å². The van der Waals surface area contributed by atoms with Gasteiger partial charge < -0.3 is 9.84 Å². The first-order valence-corrected chi connectivity index (χ1v) is 8.46. The maximum absolute atomic E-state index is 8.68. The fourth-order valence-electron chi connectivity index (χ4n) is 2.59. The van der Waals surface area contributed by atoms with Crippen LogP contribution in [0.4, 0.5) is 0 Å². The summed E-state index contributed by atoms with van der Waals surface area (Å²) in [6.07, 6.45) is 13.7. The lowest BCUT2D eigenvalue weighted by Crippen LogP contribution is -2.17. The molecule has 0 radical (unpaired) electrons. The van der Waals surface area contributed by atoms with Gasteiger partial charge in [0, 0.05) is 13.0 Å². The van der Waals surface area contributed by atoms with Crippen LogP contribution in [0.1, 0.15) is 84.5 Å². The molecule has 0 atom stereocenters. The quantitative estimate of drug-likeness (QED) is 0.537. The second-order valence-corrected chi connectivity index (χ2v) is 6.62. The van der Waals surface area contributed by atoms with E-state index in [9.17, 15) is 0 Å². The summed E-state index contributed by atoms with van der Waals surface area (Å²) < 4.78 is 5.59. The molecule has 1 N–H and O–H groups in total. The van der Waals surface area contributed by atoms with Crippen LogP contribution in [0.15, 0.2) is 4.99 Å². The van der Waals surface area contributed by atoms with Crippen LogP contribution in [0.3, 0.4) is 0 Å². The van der Waals surface area contributed by atoms with Crippen molar-refractivity contribution in [2.75, 3.05) is 13.2 Å². The molecule has 0 aromatic carbocycles. The highest BCUT2D eigenvalue weighted by Crippen LogP contribution is 2.19. The summed E-state index contributed by atoms with van der Waals surface area (Å²) in [5, 5.41) is 8.68. The van der Waals surface area contributed by atoms with Crippen LogP contribution < -0.4 is 0 Å². The molecule has 3 nitrogen and oxygen atoms in total. The number of aliphatic hydroxyl groups is 1. The number of unbranched alkanes of at least 4 members (excludes halogenated alkanes) is 9. The zero-order chi connectivity index (χ0) is 14.7. The highest BCUT2D eigenvalue weighted by Gasteiger charge is 2.25. The van der Waals surface area contributed by atoms with E-state index >= 15 is 0 Å². The molecule has 0 saturated carbocycles. The maximum atomic E-state index is 8.68. The van der Waals surface area contributed by atoms with Gasteiger partial charge in [0.1, 0.15) is 6.61 Å². The molecule has 0 aromatic rings. The Morgan fingerprint density at radius 1 is 0.900 bits per heavy atom. The maximum Gasteiger partial charge on any atom is 0.183 e. The molecule has 0 aromatic heterocycles. The zero-order valence-corrected chi connectivity index (χ0v) is 13.5. The van der Waals surface area contributed by atoms with Gasteiger partial charge in [-0.1, -0.05) is 51.4 Å². The third-order valence-corrected chi connectivity index (χ3v) is 3.82. The molecule has 20 heavy (non-hydrogen) atoms. The largest absolute Gasteiger partial charge is 0.478 e. The topological polar surface area (TPSA) is 41.8 Å². The number of hydrogen-bond acceptors (Lipinski definition) is 3. The Balaban J connectivity index is 1.81. The summed E-state index contributed by atoms with van der Waals surface area (Å²) in [4.78, 5) is 4.58. The van der Waals surface area contributed by atoms with Gasteiger partial charge >= 0.3 is 0 Å². The van der Waals surface area contributed by atoms with Crippen molar-refractivity contribution in [3.63, 3.8) is 0 Å². The lowest BCUT2D eigenvalue weighted by atomic mass is 10.1. The number of rotatable bonds is 12. The Morgan fingerprint density at radius 3 is 1.85 bits per heavy atom. The Labute approximate surface area is 124 Å². The van der Waals surface area contributed by atoms with E-state index in [1.807, 2.05) is 0 Å². The molecule has 0 unspecified atom stereocenters. The molecule has 3 heteroatoms. The molecule has 1 aliphatic heterocycles. The van der Waals surface area contributed by atoms with Crippen molar-refractivity contribution in [1.82, 2.24) is 0 Å². The van der Waals surface area contributed by atoms with Crippen molar-refractivity contribution in [1.29, 1.82) is 0 Å². The number of hydrogen-bond donors (Lipinski definition) is 1. The van der Waals surface area contributed by atoms with Gasteiger partial charge in [-0.3, -0.25) is 0 Å². The predicted octanol–water partition coefficient (Wildman–Crippen LogP) is 4.48. The first kappa shape index (κ1) is 17.5. The highest BCUT2D eigenvalue weighted by molar-refractivity contribution is 5.78. The van der Waals surface area contributed by atoms with E-state index in [4.69, 9.17) is 9.84 Å². The van der Waals surface area contributed by atoms with Crippen molar-refractivity contribution < 1.29 is 9.84 Å². The highest BCUT2D eigenvalue weighted by atomic mass is 16.5. The van der Waals surface area contributed by atoms with Crippen LogP contribution in [0, 0.1) is 0 Å². The molecule has 0 saturated heterocycles. The van der Waals surface area contributed by atoms with Crippen molar-refractivity contribution in [3.8, 4) is 0 Å². The number of nitrogens with zero attached hydrogens (tertiary/aromatic N) is 1. The van der Waals surface area contributed by atoms with E-state index in [0.717, 1.165) is 25.3 Å². The van der Waals surface area contributed by atoms with Crippen LogP contribution in [0.25, 0.3) is 0 Å². The molecule has 0 bridgehead atoms. The third-order valence-electron chi connectivity index (χ3n) is 3.82. The Kier molecular flexibility index (Phi) is 8.92. The van der Waals surface area contributed by atoms with E-state index in [1.165, 1.54) is 57.8 Å². The van der Waals surface area contributed by atoms with Crippen molar-refractivity contribution in [3.05, 3.63) is 0 Å². The molecule has 1 rings (SSSR count). The summed E-state index contributed by atoms with van der Waals surface area (Å²) in [7, 11) is 0. The summed E-state index contributed by atoms with van der Waals surface area (Å²) in [5.41, 5.74) is 0.00532. The van der Waals surface area contributed by atoms with Crippen molar-refractivity contribution in [2.45, 2.75) is 90.0 Å². The summed E-state index contributed by atoms with van der Waals surface area (Å²) in [6.45, 7) is 5.35. The minimum atomic E-state index is 0.00532. The van der Waals surface area contributed by atoms with Gasteiger partial charge in [0.25, 0.3) is 0 Å². The van der Waals surface area contributed by atoms with E-state index in [1.54, 1.807) is 0 Å². The van der Waals surface area contributed by atoms with Gasteiger partial charge in [-0.25, -0.2) is 4.99 Å². The van der Waals surface area contributed by atoms with Crippen molar-refractivity contribution >= 4 is 5.90 Å². The van der Waals surface area contributed by atoms with E-state index in [2.05, 4.69) is 18.8 Å². The van der Waals surface area contributed by atoms with Gasteiger partial charge in [-0.15, -0.1) is 0 Å². The van der Waals surface area contributed by atoms with Gasteiger partial charge in [0.05, 0.1) is 5.54 Å². The predicted molar refractivity (Wildman–Crippen MR) is 85.3 cm³/mol. The van der Waals surface area contributed by atoms with Gasteiger partial charge in [-0.2, -0.15) is 0 Å². The van der Waals surface area contributed by atoms with E-state index in [-0.39, 0.29) is 5.54 Å². The minimum Gasteiger partial charge on any atom is -0.478 e.